The molecule has 1 N–H and O–H groups in total. The molecule has 60 valence electrons. The molecule has 0 spiro atoms. The van der Waals surface area contributed by atoms with Crippen molar-refractivity contribution in [1.29, 1.82) is 0 Å². The van der Waals surface area contributed by atoms with E-state index in [0.717, 1.165) is 5.92 Å². The summed E-state index contributed by atoms with van der Waals surface area (Å²) in [6, 6.07) is 0.635. The van der Waals surface area contributed by atoms with Crippen LogP contribution in [0, 0.1) is 5.92 Å². The van der Waals surface area contributed by atoms with Gasteiger partial charge in [-0.15, -0.1) is 0 Å². The van der Waals surface area contributed by atoms with Crippen molar-refractivity contribution in [3.05, 3.63) is 12.3 Å². The summed E-state index contributed by atoms with van der Waals surface area (Å²) in [4.78, 5) is 0. The maximum absolute atomic E-state index is 3.34. The monoisotopic (exact) mass is 141 g/mol. The standard InChI is InChI=1S/C9H19N/c1-5-7-10-9(6-2)8(3)4/h5,7-10H,6H2,1-4H3/b7-5-. The average molecular weight is 141 g/mol. The summed E-state index contributed by atoms with van der Waals surface area (Å²) in [5, 5.41) is 3.34. The molecule has 1 unspecified atom stereocenters. The van der Waals surface area contributed by atoms with E-state index in [4.69, 9.17) is 0 Å². The van der Waals surface area contributed by atoms with Crippen LogP contribution in [0.15, 0.2) is 12.3 Å². The summed E-state index contributed by atoms with van der Waals surface area (Å²) in [6.45, 7) is 8.72. The second kappa shape index (κ2) is 5.33. The minimum absolute atomic E-state index is 0.635. The Morgan fingerprint density at radius 2 is 2.00 bits per heavy atom. The van der Waals surface area contributed by atoms with Crippen LogP contribution in [0.3, 0.4) is 0 Å². The van der Waals surface area contributed by atoms with Gasteiger partial charge in [0, 0.05) is 6.04 Å². The van der Waals surface area contributed by atoms with Gasteiger partial charge in [0.15, 0.2) is 0 Å². The van der Waals surface area contributed by atoms with Gasteiger partial charge in [0.05, 0.1) is 0 Å². The summed E-state index contributed by atoms with van der Waals surface area (Å²) >= 11 is 0. The molecule has 0 radical (unpaired) electrons. The zero-order chi connectivity index (χ0) is 7.98. The van der Waals surface area contributed by atoms with E-state index in [1.54, 1.807) is 0 Å². The molecule has 0 aromatic carbocycles. The summed E-state index contributed by atoms with van der Waals surface area (Å²) in [5.74, 6) is 0.723. The highest BCUT2D eigenvalue weighted by atomic mass is 14.9. The van der Waals surface area contributed by atoms with Gasteiger partial charge in [0.2, 0.25) is 0 Å². The number of hydrogen-bond acceptors (Lipinski definition) is 1. The van der Waals surface area contributed by atoms with Crippen LogP contribution >= 0.6 is 0 Å². The Kier molecular flexibility index (Phi) is 5.09. The molecule has 1 atom stereocenters. The lowest BCUT2D eigenvalue weighted by Gasteiger charge is -2.18. The molecule has 0 aromatic heterocycles. The first-order valence-electron chi connectivity index (χ1n) is 4.09. The lowest BCUT2D eigenvalue weighted by atomic mass is 10.0. The second-order valence-corrected chi connectivity index (χ2v) is 2.93. The third-order valence-electron chi connectivity index (χ3n) is 1.72. The van der Waals surface area contributed by atoms with Crippen molar-refractivity contribution in [3.63, 3.8) is 0 Å². The minimum Gasteiger partial charge on any atom is -0.388 e. The normalized spacial score (nSPS) is 14.5. The van der Waals surface area contributed by atoms with E-state index in [2.05, 4.69) is 26.1 Å². The van der Waals surface area contributed by atoms with Crippen LogP contribution in [0.2, 0.25) is 0 Å². The zero-order valence-corrected chi connectivity index (χ0v) is 7.52. The Balaban J connectivity index is 3.60. The van der Waals surface area contributed by atoms with Crippen LogP contribution in [0.4, 0.5) is 0 Å². The van der Waals surface area contributed by atoms with Crippen LogP contribution in [0.25, 0.3) is 0 Å². The molecule has 0 bridgehead atoms. The van der Waals surface area contributed by atoms with Crippen molar-refractivity contribution in [2.45, 2.75) is 40.2 Å². The highest BCUT2D eigenvalue weighted by Crippen LogP contribution is 2.04. The number of rotatable bonds is 4. The van der Waals surface area contributed by atoms with Gasteiger partial charge in [-0.2, -0.15) is 0 Å². The Morgan fingerprint density at radius 1 is 1.40 bits per heavy atom. The lowest BCUT2D eigenvalue weighted by Crippen LogP contribution is -2.28. The fraction of sp³-hybridized carbons (Fsp3) is 0.778. The summed E-state index contributed by atoms with van der Waals surface area (Å²) < 4.78 is 0. The van der Waals surface area contributed by atoms with Gasteiger partial charge in [0.1, 0.15) is 0 Å². The summed E-state index contributed by atoms with van der Waals surface area (Å²) in [6.07, 6.45) is 5.25. The molecule has 0 amide bonds. The Labute approximate surface area is 64.5 Å². The minimum atomic E-state index is 0.635. The van der Waals surface area contributed by atoms with Gasteiger partial charge in [-0.25, -0.2) is 0 Å². The molecule has 1 nitrogen and oxygen atoms in total. The number of allylic oxidation sites excluding steroid dienone is 1. The molecule has 0 aliphatic rings. The van der Waals surface area contributed by atoms with Crippen molar-refractivity contribution in [3.8, 4) is 0 Å². The third-order valence-corrected chi connectivity index (χ3v) is 1.72. The van der Waals surface area contributed by atoms with E-state index < -0.39 is 0 Å². The van der Waals surface area contributed by atoms with Crippen LogP contribution in [0.1, 0.15) is 34.1 Å². The number of nitrogens with one attached hydrogen (secondary N) is 1. The molecule has 10 heavy (non-hydrogen) atoms. The molecule has 0 fully saturated rings. The van der Waals surface area contributed by atoms with Gasteiger partial charge in [-0.1, -0.05) is 26.8 Å². The Hall–Kier alpha value is -0.460. The smallest absolute Gasteiger partial charge is 0.0275 e. The van der Waals surface area contributed by atoms with Gasteiger partial charge >= 0.3 is 0 Å². The third kappa shape index (κ3) is 3.54. The Morgan fingerprint density at radius 3 is 2.30 bits per heavy atom. The molecule has 1 heteroatoms. The van der Waals surface area contributed by atoms with Crippen molar-refractivity contribution in [2.75, 3.05) is 0 Å². The fourth-order valence-corrected chi connectivity index (χ4v) is 1.00. The molecular weight excluding hydrogens is 122 g/mol. The fourth-order valence-electron chi connectivity index (χ4n) is 1.00. The van der Waals surface area contributed by atoms with Crippen LogP contribution in [-0.2, 0) is 0 Å². The molecule has 0 saturated heterocycles. The SMILES string of the molecule is C/C=C\NC(CC)C(C)C. The first-order valence-corrected chi connectivity index (χ1v) is 4.09. The van der Waals surface area contributed by atoms with Gasteiger partial charge in [-0.3, -0.25) is 0 Å². The van der Waals surface area contributed by atoms with Crippen LogP contribution < -0.4 is 5.32 Å². The van der Waals surface area contributed by atoms with Crippen LogP contribution in [-0.4, -0.2) is 6.04 Å². The van der Waals surface area contributed by atoms with Gasteiger partial charge in [0.25, 0.3) is 0 Å². The summed E-state index contributed by atoms with van der Waals surface area (Å²) in [7, 11) is 0. The molecule has 0 aromatic rings. The van der Waals surface area contributed by atoms with E-state index in [9.17, 15) is 0 Å². The van der Waals surface area contributed by atoms with E-state index in [0.29, 0.717) is 6.04 Å². The highest BCUT2D eigenvalue weighted by molar-refractivity contribution is 4.80. The lowest BCUT2D eigenvalue weighted by molar-refractivity contribution is 0.429. The molecule has 0 aliphatic heterocycles. The molecular formula is C9H19N. The maximum atomic E-state index is 3.34. The van der Waals surface area contributed by atoms with Gasteiger partial charge < -0.3 is 5.32 Å². The summed E-state index contributed by atoms with van der Waals surface area (Å²) in [5.41, 5.74) is 0. The predicted octanol–water partition coefficient (Wildman–Crippen LogP) is 2.54. The van der Waals surface area contributed by atoms with Crippen LogP contribution in [0.5, 0.6) is 0 Å². The maximum Gasteiger partial charge on any atom is 0.0275 e. The largest absolute Gasteiger partial charge is 0.388 e. The average Bonchev–Trinajstić information content (AvgIpc) is 1.89. The predicted molar refractivity (Wildman–Crippen MR) is 46.9 cm³/mol. The van der Waals surface area contributed by atoms with E-state index in [1.807, 2.05) is 19.2 Å². The molecule has 0 heterocycles. The van der Waals surface area contributed by atoms with E-state index in [1.165, 1.54) is 6.42 Å². The Bertz CT molecular complexity index is 94.9. The quantitative estimate of drug-likeness (QED) is 0.634. The first kappa shape index (κ1) is 9.54. The van der Waals surface area contributed by atoms with Crippen molar-refractivity contribution < 1.29 is 0 Å². The van der Waals surface area contributed by atoms with Gasteiger partial charge in [-0.05, 0) is 25.5 Å². The van der Waals surface area contributed by atoms with E-state index in [-0.39, 0.29) is 0 Å². The van der Waals surface area contributed by atoms with Crippen molar-refractivity contribution >= 4 is 0 Å². The number of hydrogen-bond donors (Lipinski definition) is 1. The zero-order valence-electron chi connectivity index (χ0n) is 7.52. The topological polar surface area (TPSA) is 12.0 Å². The second-order valence-electron chi connectivity index (χ2n) is 2.93. The molecule has 0 saturated carbocycles. The van der Waals surface area contributed by atoms with Crippen molar-refractivity contribution in [1.82, 2.24) is 5.32 Å². The first-order chi connectivity index (χ1) is 4.72. The molecule has 0 rings (SSSR count). The molecule has 0 aliphatic carbocycles. The van der Waals surface area contributed by atoms with Crippen molar-refractivity contribution in [2.24, 2.45) is 5.92 Å². The highest BCUT2D eigenvalue weighted by Gasteiger charge is 2.06. The van der Waals surface area contributed by atoms with E-state index >= 15 is 0 Å².